The summed E-state index contributed by atoms with van der Waals surface area (Å²) in [5.74, 6) is 0.821. The number of nitrogens with one attached hydrogen (secondary N) is 1. The average Bonchev–Trinajstić information content (AvgIpc) is 2.63. The van der Waals surface area contributed by atoms with Gasteiger partial charge in [-0.05, 0) is 55.0 Å². The van der Waals surface area contributed by atoms with Crippen LogP contribution in [-0.2, 0) is 0 Å². The zero-order valence-electron chi connectivity index (χ0n) is 15.5. The molecule has 0 spiro atoms. The van der Waals surface area contributed by atoms with Gasteiger partial charge in [-0.25, -0.2) is 0 Å². The summed E-state index contributed by atoms with van der Waals surface area (Å²) in [7, 11) is 0. The smallest absolute Gasteiger partial charge is 0.257 e. The molecule has 0 bridgehead atoms. The van der Waals surface area contributed by atoms with Gasteiger partial charge in [0.2, 0.25) is 0 Å². The summed E-state index contributed by atoms with van der Waals surface area (Å²) in [5.41, 5.74) is 2.67. The van der Waals surface area contributed by atoms with Gasteiger partial charge in [-0.2, -0.15) is 0 Å². The summed E-state index contributed by atoms with van der Waals surface area (Å²) in [6.45, 7) is 7.86. The number of aryl methyl sites for hydroxylation is 1. The van der Waals surface area contributed by atoms with Crippen LogP contribution in [0.4, 0.5) is 5.69 Å². The lowest BCUT2D eigenvalue weighted by Crippen LogP contribution is -2.42. The Hall–Kier alpha value is -2.69. The SMILES string of the molecule is Cc1ccc(C(=O)N2CC(C)CC(C)C2)cc1NC(=O)c1cccnc1. The lowest BCUT2D eigenvalue weighted by molar-refractivity contribution is 0.0623. The van der Waals surface area contributed by atoms with Gasteiger partial charge < -0.3 is 10.2 Å². The third-order valence-corrected chi connectivity index (χ3v) is 4.81. The van der Waals surface area contributed by atoms with Crippen LogP contribution in [0.15, 0.2) is 42.7 Å². The molecule has 0 aliphatic carbocycles. The van der Waals surface area contributed by atoms with Crippen molar-refractivity contribution < 1.29 is 9.59 Å². The molecule has 0 radical (unpaired) electrons. The van der Waals surface area contributed by atoms with Gasteiger partial charge in [0.05, 0.1) is 5.56 Å². The number of hydrogen-bond acceptors (Lipinski definition) is 3. The molecule has 1 fully saturated rings. The molecule has 2 atom stereocenters. The summed E-state index contributed by atoms with van der Waals surface area (Å²) in [6.07, 6.45) is 4.31. The van der Waals surface area contributed by atoms with Crippen LogP contribution in [0.25, 0.3) is 0 Å². The normalized spacial score (nSPS) is 19.9. The van der Waals surface area contributed by atoms with E-state index < -0.39 is 0 Å². The van der Waals surface area contributed by atoms with Crippen LogP contribution in [0.3, 0.4) is 0 Å². The molecule has 1 aromatic carbocycles. The Morgan fingerprint density at radius 3 is 2.50 bits per heavy atom. The van der Waals surface area contributed by atoms with E-state index in [9.17, 15) is 9.59 Å². The molecule has 1 saturated heterocycles. The van der Waals surface area contributed by atoms with Gasteiger partial charge in [-0.1, -0.05) is 19.9 Å². The largest absolute Gasteiger partial charge is 0.338 e. The second-order valence-electron chi connectivity index (χ2n) is 7.38. The van der Waals surface area contributed by atoms with Gasteiger partial charge >= 0.3 is 0 Å². The standard InChI is InChI=1S/C21H25N3O2/c1-14-9-15(2)13-24(12-14)21(26)17-7-6-16(3)19(10-17)23-20(25)18-5-4-8-22-11-18/h4-8,10-11,14-15H,9,12-13H2,1-3H3,(H,23,25). The molecule has 1 aliphatic rings. The quantitative estimate of drug-likeness (QED) is 0.916. The monoisotopic (exact) mass is 351 g/mol. The van der Waals surface area contributed by atoms with Crippen molar-refractivity contribution >= 4 is 17.5 Å². The number of anilines is 1. The van der Waals surface area contributed by atoms with Crippen LogP contribution in [0, 0.1) is 18.8 Å². The number of hydrogen-bond donors (Lipinski definition) is 1. The molecule has 1 aromatic heterocycles. The molecule has 1 N–H and O–H groups in total. The molecular formula is C21H25N3O2. The van der Waals surface area contributed by atoms with Crippen molar-refractivity contribution in [3.63, 3.8) is 0 Å². The van der Waals surface area contributed by atoms with E-state index in [1.807, 2.05) is 24.0 Å². The maximum Gasteiger partial charge on any atom is 0.257 e. The van der Waals surface area contributed by atoms with Gasteiger partial charge in [0.15, 0.2) is 0 Å². The van der Waals surface area contributed by atoms with E-state index in [1.54, 1.807) is 24.4 Å². The highest BCUT2D eigenvalue weighted by atomic mass is 16.2. The number of amides is 2. The second kappa shape index (κ2) is 7.68. The minimum absolute atomic E-state index is 0.0280. The van der Waals surface area contributed by atoms with Gasteiger partial charge in [-0.3, -0.25) is 14.6 Å². The number of piperidine rings is 1. The van der Waals surface area contributed by atoms with Crippen LogP contribution in [0.5, 0.6) is 0 Å². The van der Waals surface area contributed by atoms with E-state index in [1.165, 1.54) is 6.20 Å². The number of carbonyl (C=O) groups is 2. The molecule has 2 unspecified atom stereocenters. The number of nitrogens with zero attached hydrogens (tertiary/aromatic N) is 2. The van der Waals surface area contributed by atoms with Crippen molar-refractivity contribution in [1.29, 1.82) is 0 Å². The fraction of sp³-hybridized carbons (Fsp3) is 0.381. The minimum Gasteiger partial charge on any atom is -0.338 e. The van der Waals surface area contributed by atoms with Gasteiger partial charge in [-0.15, -0.1) is 0 Å². The third-order valence-electron chi connectivity index (χ3n) is 4.81. The summed E-state index contributed by atoms with van der Waals surface area (Å²) in [5, 5.41) is 2.89. The average molecular weight is 351 g/mol. The fourth-order valence-electron chi connectivity index (χ4n) is 3.59. The van der Waals surface area contributed by atoms with Crippen LogP contribution >= 0.6 is 0 Å². The molecular weight excluding hydrogens is 326 g/mol. The fourth-order valence-corrected chi connectivity index (χ4v) is 3.59. The van der Waals surface area contributed by atoms with Gasteiger partial charge in [0.25, 0.3) is 11.8 Å². The Labute approximate surface area is 154 Å². The first-order valence-corrected chi connectivity index (χ1v) is 9.05. The zero-order valence-corrected chi connectivity index (χ0v) is 15.5. The first-order chi connectivity index (χ1) is 12.4. The molecule has 2 heterocycles. The lowest BCUT2D eigenvalue weighted by Gasteiger charge is -2.35. The predicted molar refractivity (Wildman–Crippen MR) is 102 cm³/mol. The van der Waals surface area contributed by atoms with E-state index in [0.29, 0.717) is 28.7 Å². The Morgan fingerprint density at radius 1 is 1.12 bits per heavy atom. The predicted octanol–water partition coefficient (Wildman–Crippen LogP) is 3.76. The van der Waals surface area contributed by atoms with Crippen LogP contribution in [0.1, 0.15) is 46.5 Å². The van der Waals surface area contributed by atoms with Gasteiger partial charge in [0, 0.05) is 36.7 Å². The Balaban J connectivity index is 1.79. The lowest BCUT2D eigenvalue weighted by atomic mass is 9.91. The summed E-state index contributed by atoms with van der Waals surface area (Å²) in [4.78, 5) is 31.2. The maximum absolute atomic E-state index is 12.9. The zero-order chi connectivity index (χ0) is 18.7. The maximum atomic E-state index is 12.9. The number of carbonyl (C=O) groups excluding carboxylic acids is 2. The van der Waals surface area contributed by atoms with E-state index in [4.69, 9.17) is 0 Å². The van der Waals surface area contributed by atoms with E-state index in [0.717, 1.165) is 25.1 Å². The highest BCUT2D eigenvalue weighted by Crippen LogP contribution is 2.24. The van der Waals surface area contributed by atoms with E-state index >= 15 is 0 Å². The van der Waals surface area contributed by atoms with Crippen LogP contribution in [0.2, 0.25) is 0 Å². The molecule has 3 rings (SSSR count). The molecule has 5 heteroatoms. The highest BCUT2D eigenvalue weighted by molar-refractivity contribution is 6.05. The molecule has 5 nitrogen and oxygen atoms in total. The molecule has 1 aliphatic heterocycles. The molecule has 26 heavy (non-hydrogen) atoms. The number of aromatic nitrogens is 1. The van der Waals surface area contributed by atoms with E-state index in [2.05, 4.69) is 24.1 Å². The Bertz CT molecular complexity index is 794. The topological polar surface area (TPSA) is 62.3 Å². The second-order valence-corrected chi connectivity index (χ2v) is 7.38. The van der Waals surface area contributed by atoms with Crippen molar-refractivity contribution in [2.24, 2.45) is 11.8 Å². The van der Waals surface area contributed by atoms with Crippen LogP contribution < -0.4 is 5.32 Å². The molecule has 136 valence electrons. The van der Waals surface area contributed by atoms with Crippen molar-refractivity contribution in [3.05, 3.63) is 59.4 Å². The molecule has 2 aromatic rings. The number of rotatable bonds is 3. The van der Waals surface area contributed by atoms with Crippen molar-refractivity contribution in [1.82, 2.24) is 9.88 Å². The van der Waals surface area contributed by atoms with Gasteiger partial charge in [0.1, 0.15) is 0 Å². The molecule has 0 saturated carbocycles. The first kappa shape index (κ1) is 18.1. The number of pyridine rings is 1. The number of likely N-dealkylation sites (tertiary alicyclic amines) is 1. The summed E-state index contributed by atoms with van der Waals surface area (Å²) in [6, 6.07) is 8.92. The minimum atomic E-state index is -0.231. The summed E-state index contributed by atoms with van der Waals surface area (Å²) < 4.78 is 0. The summed E-state index contributed by atoms with van der Waals surface area (Å²) >= 11 is 0. The Kier molecular flexibility index (Phi) is 5.35. The van der Waals surface area contributed by atoms with Crippen LogP contribution in [-0.4, -0.2) is 34.8 Å². The highest BCUT2D eigenvalue weighted by Gasteiger charge is 2.26. The first-order valence-electron chi connectivity index (χ1n) is 9.05. The van der Waals surface area contributed by atoms with Crippen molar-refractivity contribution in [2.75, 3.05) is 18.4 Å². The Morgan fingerprint density at radius 2 is 1.85 bits per heavy atom. The third kappa shape index (κ3) is 4.10. The van der Waals surface area contributed by atoms with Crippen molar-refractivity contribution in [3.8, 4) is 0 Å². The van der Waals surface area contributed by atoms with E-state index in [-0.39, 0.29) is 11.8 Å². The molecule has 2 amide bonds. The van der Waals surface area contributed by atoms with Crippen molar-refractivity contribution in [2.45, 2.75) is 27.2 Å². The number of benzene rings is 1.